The van der Waals surface area contributed by atoms with E-state index in [1.807, 2.05) is 6.92 Å². The Kier molecular flexibility index (Phi) is 3.96. The highest BCUT2D eigenvalue weighted by molar-refractivity contribution is 7.71. The molecule has 1 aromatic carbocycles. The van der Waals surface area contributed by atoms with Gasteiger partial charge in [0, 0.05) is 6.42 Å². The van der Waals surface area contributed by atoms with Gasteiger partial charge in [0.05, 0.1) is 6.21 Å². The normalized spacial score (nSPS) is 11.2. The Balaban J connectivity index is 2.29. The van der Waals surface area contributed by atoms with Crippen molar-refractivity contribution in [1.29, 1.82) is 0 Å². The molecule has 0 radical (unpaired) electrons. The topological polar surface area (TPSA) is 86.4 Å². The lowest BCUT2D eigenvalue weighted by molar-refractivity contribution is 0.403. The second kappa shape index (κ2) is 5.66. The van der Waals surface area contributed by atoms with E-state index in [0.29, 0.717) is 10.3 Å². The number of hydrogen-bond donors (Lipinski definition) is 3. The molecule has 7 heteroatoms. The van der Waals surface area contributed by atoms with Crippen LogP contribution >= 0.6 is 12.2 Å². The van der Waals surface area contributed by atoms with Gasteiger partial charge in [-0.2, -0.15) is 14.9 Å². The molecule has 2 aromatic rings. The molecule has 0 aliphatic rings. The summed E-state index contributed by atoms with van der Waals surface area (Å²) in [6.45, 7) is 2.05. The Bertz CT molecular complexity index is 660. The molecule has 0 unspecified atom stereocenters. The smallest absolute Gasteiger partial charge is 0.216 e. The van der Waals surface area contributed by atoms with Crippen molar-refractivity contribution in [1.82, 2.24) is 14.9 Å². The monoisotopic (exact) mass is 278 g/mol. The minimum absolute atomic E-state index is 0.163. The van der Waals surface area contributed by atoms with E-state index in [2.05, 4.69) is 15.3 Å². The molecule has 3 N–H and O–H groups in total. The number of aromatic hydroxyl groups is 2. The maximum absolute atomic E-state index is 9.39. The van der Waals surface area contributed by atoms with Crippen LogP contribution in [0.4, 0.5) is 0 Å². The lowest BCUT2D eigenvalue weighted by Gasteiger charge is -2.00. The number of phenolic OH excluding ortho intramolecular Hbond substituents is 2. The van der Waals surface area contributed by atoms with Crippen LogP contribution < -0.4 is 0 Å². The minimum atomic E-state index is -0.187. The first kappa shape index (κ1) is 13.3. The van der Waals surface area contributed by atoms with Gasteiger partial charge in [-0.25, -0.2) is 0 Å². The van der Waals surface area contributed by atoms with Crippen molar-refractivity contribution in [2.75, 3.05) is 0 Å². The van der Waals surface area contributed by atoms with Crippen molar-refractivity contribution >= 4 is 18.4 Å². The van der Waals surface area contributed by atoms with Gasteiger partial charge in [-0.3, -0.25) is 5.10 Å². The van der Waals surface area contributed by atoms with Crippen molar-refractivity contribution in [3.63, 3.8) is 0 Å². The van der Waals surface area contributed by atoms with Gasteiger partial charge >= 0.3 is 0 Å². The van der Waals surface area contributed by atoms with E-state index in [0.717, 1.165) is 18.7 Å². The van der Waals surface area contributed by atoms with Crippen molar-refractivity contribution in [2.45, 2.75) is 19.8 Å². The van der Waals surface area contributed by atoms with E-state index in [1.54, 1.807) is 17.0 Å². The molecule has 1 heterocycles. The number of hydrogen-bond acceptors (Lipinski definition) is 5. The molecular weight excluding hydrogens is 264 g/mol. The molecule has 100 valence electrons. The van der Waals surface area contributed by atoms with E-state index in [9.17, 15) is 10.2 Å². The first-order valence-electron chi connectivity index (χ1n) is 5.84. The summed E-state index contributed by atoms with van der Waals surface area (Å²) in [5, 5.41) is 29.6. The zero-order chi connectivity index (χ0) is 13.8. The van der Waals surface area contributed by atoms with Gasteiger partial charge in [-0.15, -0.1) is 0 Å². The van der Waals surface area contributed by atoms with Crippen molar-refractivity contribution in [3.8, 4) is 11.5 Å². The first-order chi connectivity index (χ1) is 9.11. The fourth-order valence-corrected chi connectivity index (χ4v) is 1.77. The van der Waals surface area contributed by atoms with E-state index < -0.39 is 0 Å². The number of nitrogens with zero attached hydrogens (tertiary/aromatic N) is 3. The predicted molar refractivity (Wildman–Crippen MR) is 74.2 cm³/mol. The average Bonchev–Trinajstić information content (AvgIpc) is 2.73. The standard InChI is InChI=1S/C12H14N4O2S/c1-2-3-11-14-15-12(19)16(11)13-7-8-4-5-9(17)10(18)6-8/h4-7,17-18H,2-3H2,1H3,(H,15,19)/b13-7-. The molecule has 0 aliphatic carbocycles. The molecule has 0 atom stereocenters. The molecule has 0 spiro atoms. The molecule has 0 saturated carbocycles. The average molecular weight is 278 g/mol. The van der Waals surface area contributed by atoms with E-state index >= 15 is 0 Å². The van der Waals surface area contributed by atoms with Crippen LogP contribution in [-0.2, 0) is 6.42 Å². The van der Waals surface area contributed by atoms with Crippen molar-refractivity contribution in [2.24, 2.45) is 5.10 Å². The Morgan fingerprint density at radius 3 is 2.89 bits per heavy atom. The summed E-state index contributed by atoms with van der Waals surface area (Å²) < 4.78 is 1.96. The number of H-pyrrole nitrogens is 1. The van der Waals surface area contributed by atoms with Crippen LogP contribution in [0.2, 0.25) is 0 Å². The highest BCUT2D eigenvalue weighted by Gasteiger charge is 2.03. The molecule has 1 aromatic heterocycles. The lowest BCUT2D eigenvalue weighted by atomic mass is 10.2. The molecule has 6 nitrogen and oxygen atoms in total. The van der Waals surface area contributed by atoms with Gasteiger partial charge in [0.1, 0.15) is 0 Å². The van der Waals surface area contributed by atoms with E-state index in [-0.39, 0.29) is 11.5 Å². The summed E-state index contributed by atoms with van der Waals surface area (Å²) in [5.74, 6) is 0.406. The Morgan fingerprint density at radius 2 is 2.21 bits per heavy atom. The Morgan fingerprint density at radius 1 is 1.42 bits per heavy atom. The predicted octanol–water partition coefficient (Wildman–Crippen LogP) is 2.19. The van der Waals surface area contributed by atoms with E-state index in [4.69, 9.17) is 12.2 Å². The number of rotatable bonds is 4. The van der Waals surface area contributed by atoms with E-state index in [1.165, 1.54) is 12.1 Å². The summed E-state index contributed by atoms with van der Waals surface area (Å²) >= 11 is 5.09. The summed E-state index contributed by atoms with van der Waals surface area (Å²) in [6.07, 6.45) is 3.25. The molecule has 0 amide bonds. The first-order valence-corrected chi connectivity index (χ1v) is 6.25. The summed E-state index contributed by atoms with van der Waals surface area (Å²) in [6, 6.07) is 4.46. The number of nitrogens with one attached hydrogen (secondary N) is 1. The largest absolute Gasteiger partial charge is 0.504 e. The molecule has 0 saturated heterocycles. The van der Waals surface area contributed by atoms with Gasteiger partial charge in [-0.05, 0) is 42.4 Å². The van der Waals surface area contributed by atoms with Gasteiger partial charge in [0.2, 0.25) is 4.77 Å². The van der Waals surface area contributed by atoms with Crippen molar-refractivity contribution in [3.05, 3.63) is 34.4 Å². The second-order valence-electron chi connectivity index (χ2n) is 4.00. The number of aromatic amines is 1. The maximum atomic E-state index is 9.39. The third-order valence-corrected chi connectivity index (χ3v) is 2.78. The minimum Gasteiger partial charge on any atom is -0.504 e. The number of phenols is 2. The third kappa shape index (κ3) is 3.00. The highest BCUT2D eigenvalue weighted by Crippen LogP contribution is 2.24. The summed E-state index contributed by atoms with van der Waals surface area (Å²) in [7, 11) is 0. The second-order valence-corrected chi connectivity index (χ2v) is 4.39. The Labute approximate surface area is 115 Å². The van der Waals surface area contributed by atoms with Gasteiger partial charge in [0.15, 0.2) is 17.3 Å². The van der Waals surface area contributed by atoms with Crippen LogP contribution in [0.1, 0.15) is 24.7 Å². The zero-order valence-electron chi connectivity index (χ0n) is 10.4. The lowest BCUT2D eigenvalue weighted by Crippen LogP contribution is -1.98. The molecule has 0 fully saturated rings. The van der Waals surface area contributed by atoms with Crippen LogP contribution in [0.15, 0.2) is 23.3 Å². The molecule has 0 bridgehead atoms. The third-order valence-electron chi connectivity index (χ3n) is 2.51. The summed E-state index contributed by atoms with van der Waals surface area (Å²) in [4.78, 5) is 0. The molecular formula is C12H14N4O2S. The van der Waals surface area contributed by atoms with Crippen LogP contribution in [0.3, 0.4) is 0 Å². The quantitative estimate of drug-likeness (QED) is 0.454. The number of benzene rings is 1. The van der Waals surface area contributed by atoms with Crippen LogP contribution in [0, 0.1) is 4.77 Å². The van der Waals surface area contributed by atoms with Gasteiger partial charge in [0.25, 0.3) is 0 Å². The highest BCUT2D eigenvalue weighted by atomic mass is 32.1. The number of aryl methyl sites for hydroxylation is 1. The van der Waals surface area contributed by atoms with Crippen LogP contribution in [-0.4, -0.2) is 31.3 Å². The SMILES string of the molecule is CCCc1n[nH]c(=S)n1/N=C\c1ccc(O)c(O)c1. The molecule has 0 aliphatic heterocycles. The van der Waals surface area contributed by atoms with Crippen molar-refractivity contribution < 1.29 is 10.2 Å². The number of aromatic nitrogens is 3. The van der Waals surface area contributed by atoms with Gasteiger partial charge in [-0.1, -0.05) is 6.92 Å². The fraction of sp³-hybridized carbons (Fsp3) is 0.250. The Hall–Kier alpha value is -2.15. The molecule has 2 rings (SSSR count). The summed E-state index contributed by atoms with van der Waals surface area (Å²) in [5.41, 5.74) is 0.654. The van der Waals surface area contributed by atoms with Crippen LogP contribution in [0.5, 0.6) is 11.5 Å². The van der Waals surface area contributed by atoms with Gasteiger partial charge < -0.3 is 10.2 Å². The maximum Gasteiger partial charge on any atom is 0.216 e. The van der Waals surface area contributed by atoms with Crippen LogP contribution in [0.25, 0.3) is 0 Å². The fourth-order valence-electron chi connectivity index (χ4n) is 1.57. The zero-order valence-corrected chi connectivity index (χ0v) is 11.2. The molecule has 19 heavy (non-hydrogen) atoms.